The van der Waals surface area contributed by atoms with Crippen molar-refractivity contribution in [2.75, 3.05) is 46.9 Å². The second-order valence-electron chi connectivity index (χ2n) is 7.31. The number of piperidine rings is 1. The zero-order valence-corrected chi connectivity index (χ0v) is 18.1. The molecule has 1 aromatic carbocycles. The van der Waals surface area contributed by atoms with Gasteiger partial charge < -0.3 is 25.0 Å². The van der Waals surface area contributed by atoms with E-state index in [1.807, 2.05) is 6.07 Å². The minimum Gasteiger partial charge on any atom is -0.493 e. The van der Waals surface area contributed by atoms with E-state index >= 15 is 0 Å². The van der Waals surface area contributed by atoms with Crippen molar-refractivity contribution >= 4 is 5.96 Å². The number of ether oxygens (including phenoxy) is 2. The molecular formula is C22H38N4O2. The van der Waals surface area contributed by atoms with E-state index in [0.29, 0.717) is 6.04 Å². The first-order valence-corrected chi connectivity index (χ1v) is 10.7. The van der Waals surface area contributed by atoms with Crippen LogP contribution >= 0.6 is 0 Å². The van der Waals surface area contributed by atoms with Gasteiger partial charge >= 0.3 is 0 Å². The fraction of sp³-hybridized carbons (Fsp3) is 0.682. The summed E-state index contributed by atoms with van der Waals surface area (Å²) in [6.07, 6.45) is 5.59. The lowest BCUT2D eigenvalue weighted by molar-refractivity contribution is 0.206. The first-order valence-electron chi connectivity index (χ1n) is 10.7. The predicted octanol–water partition coefficient (Wildman–Crippen LogP) is 3.07. The highest BCUT2D eigenvalue weighted by Gasteiger charge is 2.19. The van der Waals surface area contributed by atoms with Crippen LogP contribution in [0, 0.1) is 0 Å². The molecular weight excluding hydrogens is 352 g/mol. The number of nitrogens with zero attached hydrogens (tertiary/aromatic N) is 2. The lowest BCUT2D eigenvalue weighted by Gasteiger charge is -2.32. The summed E-state index contributed by atoms with van der Waals surface area (Å²) in [4.78, 5) is 7.34. The number of benzene rings is 1. The molecule has 158 valence electrons. The van der Waals surface area contributed by atoms with Gasteiger partial charge in [0, 0.05) is 32.2 Å². The number of guanidine groups is 1. The van der Waals surface area contributed by atoms with Crippen molar-refractivity contribution in [1.29, 1.82) is 0 Å². The number of aliphatic imine (C=N–C) groups is 1. The Bertz CT molecular complexity index is 598. The lowest BCUT2D eigenvalue weighted by Crippen LogP contribution is -2.48. The summed E-state index contributed by atoms with van der Waals surface area (Å²) in [5.41, 5.74) is 1.24. The molecule has 6 heteroatoms. The van der Waals surface area contributed by atoms with Crippen molar-refractivity contribution in [3.8, 4) is 11.5 Å². The van der Waals surface area contributed by atoms with Crippen LogP contribution in [0.15, 0.2) is 23.2 Å². The van der Waals surface area contributed by atoms with Gasteiger partial charge in [-0.3, -0.25) is 4.99 Å². The van der Waals surface area contributed by atoms with Crippen molar-refractivity contribution in [2.24, 2.45) is 4.99 Å². The summed E-state index contributed by atoms with van der Waals surface area (Å²) in [5.74, 6) is 2.50. The standard InChI is InChI=1S/C22H38N4O2/c1-5-14-26-15-11-19(12-16-26)25-22(23-6-2)24-13-7-8-18-9-10-20(27-3)21(17-18)28-4/h9-10,17,19H,5-8,11-16H2,1-4H3,(H2,23,24,25). The molecule has 1 saturated heterocycles. The van der Waals surface area contributed by atoms with Crippen LogP contribution < -0.4 is 20.1 Å². The third kappa shape index (κ3) is 7.23. The smallest absolute Gasteiger partial charge is 0.191 e. The summed E-state index contributed by atoms with van der Waals surface area (Å²) in [6.45, 7) is 9.65. The van der Waals surface area contributed by atoms with Crippen LogP contribution in [0.3, 0.4) is 0 Å². The average molecular weight is 391 g/mol. The van der Waals surface area contributed by atoms with Gasteiger partial charge in [0.05, 0.1) is 14.2 Å². The van der Waals surface area contributed by atoms with Gasteiger partial charge in [0.1, 0.15) is 0 Å². The highest BCUT2D eigenvalue weighted by atomic mass is 16.5. The van der Waals surface area contributed by atoms with Gasteiger partial charge in [-0.1, -0.05) is 13.0 Å². The molecule has 1 fully saturated rings. The van der Waals surface area contributed by atoms with Crippen LogP contribution in [0.1, 0.15) is 45.1 Å². The fourth-order valence-electron chi connectivity index (χ4n) is 3.64. The first kappa shape index (κ1) is 22.3. The van der Waals surface area contributed by atoms with Crippen LogP contribution in [0.2, 0.25) is 0 Å². The molecule has 0 aliphatic carbocycles. The zero-order chi connectivity index (χ0) is 20.2. The third-order valence-corrected chi connectivity index (χ3v) is 5.15. The van der Waals surface area contributed by atoms with Gasteiger partial charge in [-0.2, -0.15) is 0 Å². The minimum atomic E-state index is 0.525. The summed E-state index contributed by atoms with van der Waals surface area (Å²) >= 11 is 0. The first-order chi connectivity index (χ1) is 13.7. The Hall–Kier alpha value is -1.95. The maximum atomic E-state index is 5.38. The quantitative estimate of drug-likeness (QED) is 0.365. The van der Waals surface area contributed by atoms with Crippen molar-refractivity contribution < 1.29 is 9.47 Å². The average Bonchev–Trinajstić information content (AvgIpc) is 2.72. The molecule has 1 aliphatic rings. The maximum absolute atomic E-state index is 5.38. The molecule has 1 aromatic rings. The molecule has 0 saturated carbocycles. The summed E-state index contributed by atoms with van der Waals surface area (Å²) in [6, 6.07) is 6.64. The Balaban J connectivity index is 1.79. The van der Waals surface area contributed by atoms with E-state index in [-0.39, 0.29) is 0 Å². The van der Waals surface area contributed by atoms with Gasteiger partial charge in [0.25, 0.3) is 0 Å². The van der Waals surface area contributed by atoms with Gasteiger partial charge in [-0.25, -0.2) is 0 Å². The topological polar surface area (TPSA) is 58.1 Å². The molecule has 0 bridgehead atoms. The normalized spacial score (nSPS) is 16.1. The van der Waals surface area contributed by atoms with E-state index in [0.717, 1.165) is 43.4 Å². The van der Waals surface area contributed by atoms with E-state index in [4.69, 9.17) is 14.5 Å². The number of likely N-dealkylation sites (tertiary alicyclic amines) is 1. The molecule has 6 nitrogen and oxygen atoms in total. The Kier molecular flexibility index (Phi) is 9.97. The van der Waals surface area contributed by atoms with Crippen LogP contribution in [0.5, 0.6) is 11.5 Å². The monoisotopic (exact) mass is 390 g/mol. The highest BCUT2D eigenvalue weighted by molar-refractivity contribution is 5.80. The third-order valence-electron chi connectivity index (χ3n) is 5.15. The Labute approximate surface area is 170 Å². The van der Waals surface area contributed by atoms with Gasteiger partial charge in [0.15, 0.2) is 17.5 Å². The van der Waals surface area contributed by atoms with Crippen LogP contribution in [-0.4, -0.2) is 63.8 Å². The molecule has 28 heavy (non-hydrogen) atoms. The minimum absolute atomic E-state index is 0.525. The van der Waals surface area contributed by atoms with E-state index in [9.17, 15) is 0 Å². The summed E-state index contributed by atoms with van der Waals surface area (Å²) in [5, 5.41) is 7.01. The Morgan fingerprint density at radius 2 is 1.89 bits per heavy atom. The van der Waals surface area contributed by atoms with Gasteiger partial charge in [-0.05, 0) is 63.3 Å². The molecule has 0 aromatic heterocycles. The van der Waals surface area contributed by atoms with Crippen LogP contribution in [0.4, 0.5) is 0 Å². The highest BCUT2D eigenvalue weighted by Crippen LogP contribution is 2.27. The van der Waals surface area contributed by atoms with Crippen LogP contribution in [-0.2, 0) is 6.42 Å². The predicted molar refractivity (Wildman–Crippen MR) is 117 cm³/mol. The number of nitrogens with one attached hydrogen (secondary N) is 2. The number of hydrogen-bond acceptors (Lipinski definition) is 4. The lowest BCUT2D eigenvalue weighted by atomic mass is 10.1. The van der Waals surface area contributed by atoms with Crippen molar-refractivity contribution in [2.45, 2.75) is 52.0 Å². The second kappa shape index (κ2) is 12.5. The Morgan fingerprint density at radius 1 is 1.14 bits per heavy atom. The molecule has 0 atom stereocenters. The molecule has 0 unspecified atom stereocenters. The Morgan fingerprint density at radius 3 is 2.54 bits per heavy atom. The maximum Gasteiger partial charge on any atom is 0.191 e. The van der Waals surface area contributed by atoms with E-state index in [1.165, 1.54) is 44.5 Å². The van der Waals surface area contributed by atoms with Crippen molar-refractivity contribution in [1.82, 2.24) is 15.5 Å². The van der Waals surface area contributed by atoms with Crippen LogP contribution in [0.25, 0.3) is 0 Å². The van der Waals surface area contributed by atoms with Gasteiger partial charge in [-0.15, -0.1) is 0 Å². The molecule has 2 rings (SSSR count). The number of rotatable bonds is 10. The number of methoxy groups -OCH3 is 2. The molecule has 0 spiro atoms. The molecule has 0 radical (unpaired) electrons. The van der Waals surface area contributed by atoms with Crippen molar-refractivity contribution in [3.05, 3.63) is 23.8 Å². The molecule has 1 aliphatic heterocycles. The number of hydrogen-bond donors (Lipinski definition) is 2. The fourth-order valence-corrected chi connectivity index (χ4v) is 3.64. The van der Waals surface area contributed by atoms with Gasteiger partial charge in [0.2, 0.25) is 0 Å². The number of aryl methyl sites for hydroxylation is 1. The van der Waals surface area contributed by atoms with E-state index in [2.05, 4.69) is 41.5 Å². The molecule has 2 N–H and O–H groups in total. The summed E-state index contributed by atoms with van der Waals surface area (Å²) < 4.78 is 10.7. The zero-order valence-electron chi connectivity index (χ0n) is 18.1. The summed E-state index contributed by atoms with van der Waals surface area (Å²) in [7, 11) is 3.34. The van der Waals surface area contributed by atoms with E-state index < -0.39 is 0 Å². The largest absolute Gasteiger partial charge is 0.493 e. The molecule has 1 heterocycles. The molecule has 0 amide bonds. The van der Waals surface area contributed by atoms with E-state index in [1.54, 1.807) is 14.2 Å². The second-order valence-corrected chi connectivity index (χ2v) is 7.31. The SMILES string of the molecule is CCCN1CCC(NC(=NCCCc2ccc(OC)c(OC)c2)NCC)CC1. The van der Waals surface area contributed by atoms with Crippen molar-refractivity contribution in [3.63, 3.8) is 0 Å².